The Kier molecular flexibility index (Phi) is 5.78. The van der Waals surface area contributed by atoms with Crippen LogP contribution in [-0.4, -0.2) is 72.2 Å². The lowest BCUT2D eigenvalue weighted by Crippen LogP contribution is -2.71. The number of rotatable bonds is 7. The highest BCUT2D eigenvalue weighted by molar-refractivity contribution is 8.00. The lowest BCUT2D eigenvalue weighted by atomic mass is 10.0. The number of nitrogens with zero attached hydrogens (tertiary/aromatic N) is 4. The van der Waals surface area contributed by atoms with E-state index in [4.69, 9.17) is 4.74 Å². The minimum atomic E-state index is -1.34. The maximum absolute atomic E-state index is 12.6. The van der Waals surface area contributed by atoms with E-state index in [1.807, 2.05) is 0 Å². The smallest absolute Gasteiger partial charge is 0.352 e. The van der Waals surface area contributed by atoms with E-state index < -0.39 is 46.1 Å². The number of thioether (sulfide) groups is 1. The Hall–Kier alpha value is -3.42. The molecule has 1 aromatic rings. The molecule has 0 unspecified atom stereocenters. The Morgan fingerprint density at radius 1 is 1.50 bits per heavy atom. The Labute approximate surface area is 173 Å². The average Bonchev–Trinajstić information content (AvgIpc) is 3.19. The number of carbonyl (C=O) groups excluding carboxylic acids is 3. The molecular weight excluding hydrogens is 422 g/mol. The summed E-state index contributed by atoms with van der Waals surface area (Å²) in [6.07, 6.45) is 2.10. The van der Waals surface area contributed by atoms with Crippen LogP contribution < -0.4 is 5.32 Å². The summed E-state index contributed by atoms with van der Waals surface area (Å²) in [4.78, 5) is 58.9. The second kappa shape index (κ2) is 8.14. The summed E-state index contributed by atoms with van der Waals surface area (Å²) in [6, 6.07) is -1.89. The van der Waals surface area contributed by atoms with Gasteiger partial charge in [-0.1, -0.05) is 0 Å². The third-order valence-electron chi connectivity index (χ3n) is 4.57. The first-order chi connectivity index (χ1) is 14.1. The number of hydrogen-bond acceptors (Lipinski definition) is 9. The van der Waals surface area contributed by atoms with Crippen LogP contribution in [0.15, 0.2) is 23.7 Å². The Morgan fingerprint density at radius 2 is 2.20 bits per heavy atom. The second-order valence-corrected chi connectivity index (χ2v) is 7.65. The van der Waals surface area contributed by atoms with Gasteiger partial charge >= 0.3 is 17.6 Å². The largest absolute Gasteiger partial charge is 0.477 e. The fourth-order valence-electron chi connectivity index (χ4n) is 3.01. The van der Waals surface area contributed by atoms with Crippen LogP contribution in [0.1, 0.15) is 19.9 Å². The van der Waals surface area contributed by atoms with Crippen LogP contribution in [0, 0.1) is 10.1 Å². The number of β-lactam (4-membered cyclic amide) rings is 1. The molecule has 3 rings (SSSR count). The molecule has 30 heavy (non-hydrogen) atoms. The van der Waals surface area contributed by atoms with Gasteiger partial charge in [-0.25, -0.2) is 4.79 Å². The van der Waals surface area contributed by atoms with Gasteiger partial charge in [0.25, 0.3) is 5.91 Å². The van der Waals surface area contributed by atoms with E-state index >= 15 is 0 Å². The van der Waals surface area contributed by atoms with Gasteiger partial charge in [0.1, 0.15) is 42.2 Å². The van der Waals surface area contributed by atoms with Gasteiger partial charge in [0.05, 0.1) is 4.92 Å². The summed E-state index contributed by atoms with van der Waals surface area (Å²) in [5.74, 6) is -2.92. The lowest BCUT2D eigenvalue weighted by Gasteiger charge is -2.49. The fourth-order valence-corrected chi connectivity index (χ4v) is 4.34. The zero-order valence-corrected chi connectivity index (χ0v) is 16.6. The first-order valence-corrected chi connectivity index (χ1v) is 9.69. The molecule has 2 aliphatic rings. The van der Waals surface area contributed by atoms with Crippen LogP contribution in [0.25, 0.3) is 0 Å². The van der Waals surface area contributed by atoms with Crippen molar-refractivity contribution in [2.75, 3.05) is 12.4 Å². The number of aromatic nitrogens is 2. The van der Waals surface area contributed by atoms with E-state index in [2.05, 4.69) is 10.4 Å². The Morgan fingerprint density at radius 3 is 2.77 bits per heavy atom. The highest BCUT2D eigenvalue weighted by Gasteiger charge is 2.54. The van der Waals surface area contributed by atoms with Crippen LogP contribution in [-0.2, 0) is 23.9 Å². The monoisotopic (exact) mass is 439 g/mol. The van der Waals surface area contributed by atoms with Crippen molar-refractivity contribution in [3.63, 3.8) is 0 Å². The van der Waals surface area contributed by atoms with Gasteiger partial charge < -0.3 is 15.2 Å². The normalized spacial score (nSPS) is 21.4. The number of carbonyl (C=O) groups is 4. The molecule has 0 aromatic carbocycles. The molecule has 0 aliphatic carbocycles. The van der Waals surface area contributed by atoms with E-state index in [1.165, 1.54) is 25.6 Å². The first-order valence-electron chi connectivity index (χ1n) is 8.64. The van der Waals surface area contributed by atoms with Crippen molar-refractivity contribution in [3.8, 4) is 0 Å². The zero-order chi connectivity index (χ0) is 22.2. The van der Waals surface area contributed by atoms with Gasteiger partial charge in [-0.15, -0.1) is 11.8 Å². The summed E-state index contributed by atoms with van der Waals surface area (Å²) in [5.41, 5.74) is -0.250. The van der Waals surface area contributed by atoms with E-state index in [-0.39, 0.29) is 29.3 Å². The molecular formula is C16H17N5O8S. The Balaban J connectivity index is 1.71. The predicted molar refractivity (Wildman–Crippen MR) is 99.9 cm³/mol. The summed E-state index contributed by atoms with van der Waals surface area (Å²) in [7, 11) is 0. The van der Waals surface area contributed by atoms with Crippen molar-refractivity contribution < 1.29 is 33.9 Å². The molecule has 0 radical (unpaired) electrons. The van der Waals surface area contributed by atoms with Crippen LogP contribution >= 0.6 is 11.8 Å². The summed E-state index contributed by atoms with van der Waals surface area (Å²) < 4.78 is 5.96. The van der Waals surface area contributed by atoms with Crippen LogP contribution in [0.5, 0.6) is 0 Å². The highest BCUT2D eigenvalue weighted by Crippen LogP contribution is 2.40. The highest BCUT2D eigenvalue weighted by atomic mass is 32.2. The zero-order valence-electron chi connectivity index (χ0n) is 15.8. The molecule has 0 bridgehead atoms. The van der Waals surface area contributed by atoms with Crippen molar-refractivity contribution in [2.24, 2.45) is 0 Å². The van der Waals surface area contributed by atoms with Gasteiger partial charge in [0.15, 0.2) is 0 Å². The van der Waals surface area contributed by atoms with Gasteiger partial charge in [-0.3, -0.25) is 34.1 Å². The van der Waals surface area contributed by atoms with Crippen LogP contribution in [0.4, 0.5) is 5.69 Å². The van der Waals surface area contributed by atoms with E-state index in [9.17, 15) is 34.4 Å². The minimum Gasteiger partial charge on any atom is -0.477 e. The predicted octanol–water partition coefficient (Wildman–Crippen LogP) is -0.346. The van der Waals surface area contributed by atoms with Gasteiger partial charge in [0, 0.05) is 18.2 Å². The molecule has 0 saturated carbocycles. The molecule has 14 heteroatoms. The average molecular weight is 439 g/mol. The molecule has 13 nitrogen and oxygen atoms in total. The van der Waals surface area contributed by atoms with Crippen molar-refractivity contribution in [3.05, 3.63) is 33.8 Å². The fraction of sp³-hybridized carbons (Fsp3) is 0.438. The number of nitro groups is 1. The van der Waals surface area contributed by atoms with Crippen LogP contribution in [0.3, 0.4) is 0 Å². The molecule has 1 saturated heterocycles. The molecule has 1 fully saturated rings. The SMILES string of the molecule is CC(=O)OCC1=C(C(=O)O)N2C(=O)[C@@H](NC(=O)[C@H](C)n3cc([N+](=O)[O-])cn3)[C@H]2SC1. The molecule has 3 heterocycles. The number of nitrogens with one attached hydrogen (secondary N) is 1. The number of hydrogen-bond donors (Lipinski definition) is 2. The molecule has 160 valence electrons. The first kappa shape index (κ1) is 21.3. The van der Waals surface area contributed by atoms with Crippen molar-refractivity contribution >= 4 is 41.2 Å². The van der Waals surface area contributed by atoms with E-state index in [0.29, 0.717) is 0 Å². The quantitative estimate of drug-likeness (QED) is 0.247. The Bertz CT molecular complexity index is 973. The third-order valence-corrected chi connectivity index (χ3v) is 5.91. The van der Waals surface area contributed by atoms with Crippen LogP contribution in [0.2, 0.25) is 0 Å². The maximum atomic E-state index is 12.6. The lowest BCUT2D eigenvalue weighted by molar-refractivity contribution is -0.385. The maximum Gasteiger partial charge on any atom is 0.352 e. The number of carboxylic acid groups (broad SMARTS) is 1. The number of fused-ring (bicyclic) bond motifs is 1. The van der Waals surface area contributed by atoms with E-state index in [1.54, 1.807) is 0 Å². The molecule has 2 amide bonds. The summed E-state index contributed by atoms with van der Waals surface area (Å²) in [6.45, 7) is 2.41. The number of aliphatic carboxylic acids is 1. The third kappa shape index (κ3) is 3.85. The van der Waals surface area contributed by atoms with Gasteiger partial charge in [0.2, 0.25) is 5.91 Å². The molecule has 2 N–H and O–H groups in total. The number of amides is 2. The standard InChI is InChI=1S/C16H17N5O8S/c1-7(19-4-10(3-17-19)21(27)28)13(23)18-11-14(24)20-12(16(25)26)9(5-29-8(2)22)6-30-15(11)20/h3-4,7,11,15H,5-6H2,1-2H3,(H,18,23)(H,25,26)/t7-,11+,15+/m0/s1. The summed E-state index contributed by atoms with van der Waals surface area (Å²) >= 11 is 1.23. The molecule has 0 spiro atoms. The number of ether oxygens (including phenoxy) is 1. The number of carboxylic acids is 1. The number of esters is 1. The van der Waals surface area contributed by atoms with Crippen molar-refractivity contribution in [2.45, 2.75) is 31.3 Å². The topological polar surface area (TPSA) is 174 Å². The summed E-state index contributed by atoms with van der Waals surface area (Å²) in [5, 5.41) is 26.0. The molecule has 1 aromatic heterocycles. The van der Waals surface area contributed by atoms with E-state index in [0.717, 1.165) is 22.0 Å². The van der Waals surface area contributed by atoms with Gasteiger partial charge in [-0.05, 0) is 6.92 Å². The second-order valence-electron chi connectivity index (χ2n) is 6.55. The van der Waals surface area contributed by atoms with Crippen molar-refractivity contribution in [1.82, 2.24) is 20.0 Å². The molecule has 3 atom stereocenters. The van der Waals surface area contributed by atoms with Gasteiger partial charge in [-0.2, -0.15) is 5.10 Å². The molecule has 2 aliphatic heterocycles. The van der Waals surface area contributed by atoms with Crippen molar-refractivity contribution in [1.29, 1.82) is 0 Å². The minimum absolute atomic E-state index is 0.205.